The van der Waals surface area contributed by atoms with Gasteiger partial charge in [-0.1, -0.05) is 59.7 Å². The van der Waals surface area contributed by atoms with Crippen molar-refractivity contribution in [3.63, 3.8) is 0 Å². The minimum absolute atomic E-state index is 0.00136. The summed E-state index contributed by atoms with van der Waals surface area (Å²) in [5, 5.41) is 18.7. The first-order valence-electron chi connectivity index (χ1n) is 12.8. The molecule has 0 aliphatic heterocycles. The number of carbonyl (C=O) groups excluding carboxylic acids is 3. The highest BCUT2D eigenvalue weighted by Gasteiger charge is 2.45. The molecule has 0 bridgehead atoms. The Morgan fingerprint density at radius 2 is 1.31 bits per heavy atom. The number of rotatable bonds is 10. The number of carbonyl (C=O) groups is 3. The van der Waals surface area contributed by atoms with E-state index in [1.165, 1.54) is 6.92 Å². The van der Waals surface area contributed by atoms with Crippen LogP contribution in [0.25, 0.3) is 22.5 Å². The fourth-order valence-electron chi connectivity index (χ4n) is 4.51. The lowest BCUT2D eigenvalue weighted by Crippen LogP contribution is -2.06. The Morgan fingerprint density at radius 1 is 0.846 bits per heavy atom. The summed E-state index contributed by atoms with van der Waals surface area (Å²) in [5.74, 6) is 0.00136. The second kappa shape index (κ2) is 12.2. The van der Waals surface area contributed by atoms with Gasteiger partial charge >= 0.3 is 0 Å². The van der Waals surface area contributed by atoms with E-state index < -0.39 is 5.60 Å². The first-order chi connectivity index (χ1) is 18.8. The van der Waals surface area contributed by atoms with E-state index in [1.54, 1.807) is 36.3 Å². The normalized spacial score (nSPS) is 13.1. The minimum Gasteiger partial charge on any atom is -0.385 e. The van der Waals surface area contributed by atoms with Crippen molar-refractivity contribution in [1.82, 2.24) is 19.6 Å². The van der Waals surface area contributed by atoms with E-state index in [0.717, 1.165) is 64.4 Å². The Hall–Kier alpha value is -4.04. The average molecular weight is 520 g/mol. The van der Waals surface area contributed by atoms with E-state index >= 15 is 0 Å². The average Bonchev–Trinajstić information content (AvgIpc) is 3.37. The lowest BCUT2D eigenvalue weighted by Gasteiger charge is -2.11. The molecule has 10 heteroatoms. The molecular weight excluding hydrogens is 490 g/mol. The summed E-state index contributed by atoms with van der Waals surface area (Å²) >= 11 is 0. The molecule has 5 rings (SSSR count). The molecule has 1 aliphatic rings. The van der Waals surface area contributed by atoms with Crippen LogP contribution in [0.2, 0.25) is 0 Å². The number of aromatic nitrogens is 4. The van der Waals surface area contributed by atoms with Gasteiger partial charge in [-0.15, -0.1) is 0 Å². The first kappa shape index (κ1) is 28.0. The standard InChI is InChI=1S/C15H16BN2O2.C14H14BN2O2/c1-18-14(13(9-17-18)15(20)6-7-15)12-4-2-11(3-5-12)8-16-10-19;1-10(19)13-8-16-17(2)14(13)12-5-3-11(4-6-12)7-15-9-18/h2-5,9-10,20H,6-8H2,1H3;3-6,8-9H,7H2,1-2H3. The Balaban J connectivity index is 0.000000181. The smallest absolute Gasteiger partial charge is 0.202 e. The summed E-state index contributed by atoms with van der Waals surface area (Å²) in [4.78, 5) is 32.2. The molecule has 0 unspecified atom stereocenters. The van der Waals surface area contributed by atoms with Gasteiger partial charge in [-0.25, -0.2) is 0 Å². The Bertz CT molecular complexity index is 1460. The zero-order valence-corrected chi connectivity index (χ0v) is 22.4. The zero-order chi connectivity index (χ0) is 28.0. The third-order valence-corrected chi connectivity index (χ3v) is 6.84. The van der Waals surface area contributed by atoms with Crippen molar-refractivity contribution >= 4 is 32.7 Å². The summed E-state index contributed by atoms with van der Waals surface area (Å²) in [6.45, 7) is 1.54. The number of aliphatic hydroxyl groups is 1. The van der Waals surface area contributed by atoms with E-state index in [2.05, 4.69) is 10.2 Å². The van der Waals surface area contributed by atoms with Crippen LogP contribution in [0.5, 0.6) is 0 Å². The fourth-order valence-corrected chi connectivity index (χ4v) is 4.51. The number of aryl methyl sites for hydroxylation is 2. The molecular formula is C29H30B2N4O4. The molecule has 2 radical (unpaired) electrons. The van der Waals surface area contributed by atoms with Gasteiger partial charge in [0.1, 0.15) is 0 Å². The van der Waals surface area contributed by atoms with Crippen LogP contribution < -0.4 is 0 Å². The van der Waals surface area contributed by atoms with Crippen LogP contribution in [0.4, 0.5) is 0 Å². The van der Waals surface area contributed by atoms with Gasteiger partial charge in [-0.2, -0.15) is 10.2 Å². The highest BCUT2D eigenvalue weighted by molar-refractivity contribution is 6.66. The Morgan fingerprint density at radius 3 is 1.77 bits per heavy atom. The van der Waals surface area contributed by atoms with Crippen molar-refractivity contribution in [2.75, 3.05) is 0 Å². The van der Waals surface area contributed by atoms with Crippen LogP contribution in [-0.2, 0) is 41.9 Å². The minimum atomic E-state index is -0.687. The van der Waals surface area contributed by atoms with Crippen molar-refractivity contribution in [2.45, 2.75) is 38.0 Å². The van der Waals surface area contributed by atoms with E-state index in [-0.39, 0.29) is 5.78 Å². The van der Waals surface area contributed by atoms with Crippen LogP contribution >= 0.6 is 0 Å². The molecule has 2 heterocycles. The molecule has 1 aliphatic carbocycles. The molecule has 0 amide bonds. The number of hydrogen-bond acceptors (Lipinski definition) is 6. The SMILES string of the molecule is CC(=O)c1cnn(C)c1-c1ccc(C[B]C=O)cc1.Cn1ncc(C2(O)CC2)c1-c1ccc(C[B]C=O)cc1. The lowest BCUT2D eigenvalue weighted by molar-refractivity contribution is 0.101. The zero-order valence-electron chi connectivity index (χ0n) is 22.4. The van der Waals surface area contributed by atoms with Crippen molar-refractivity contribution in [1.29, 1.82) is 0 Å². The second-order valence-corrected chi connectivity index (χ2v) is 9.69. The van der Waals surface area contributed by atoms with Crippen molar-refractivity contribution in [3.8, 4) is 22.5 Å². The fraction of sp³-hybridized carbons (Fsp3) is 0.276. The number of benzene rings is 2. The van der Waals surface area contributed by atoms with Gasteiger partial charge in [0.25, 0.3) is 0 Å². The molecule has 4 aromatic rings. The molecule has 2 aromatic carbocycles. The van der Waals surface area contributed by atoms with Crippen LogP contribution in [-0.4, -0.2) is 57.4 Å². The number of hydrogen-bond donors (Lipinski definition) is 1. The maximum absolute atomic E-state index is 11.6. The quantitative estimate of drug-likeness (QED) is 0.196. The summed E-state index contributed by atoms with van der Waals surface area (Å²) in [6, 6.07) is 15.8. The first-order valence-corrected chi connectivity index (χ1v) is 12.8. The van der Waals surface area contributed by atoms with Gasteiger partial charge in [0.15, 0.2) is 5.78 Å². The monoisotopic (exact) mass is 520 g/mol. The van der Waals surface area contributed by atoms with Gasteiger partial charge < -0.3 is 14.7 Å². The number of Topliss-reactive ketones (excluding diaryl/α,β-unsaturated/α-hetero) is 1. The van der Waals surface area contributed by atoms with E-state index in [4.69, 9.17) is 0 Å². The van der Waals surface area contributed by atoms with Crippen LogP contribution in [0.3, 0.4) is 0 Å². The summed E-state index contributed by atoms with van der Waals surface area (Å²) in [6.07, 6.45) is 7.83. The van der Waals surface area contributed by atoms with Crippen molar-refractivity contribution < 1.29 is 19.5 Å². The van der Waals surface area contributed by atoms with E-state index in [1.807, 2.05) is 62.6 Å². The Kier molecular flexibility index (Phi) is 8.76. The predicted molar refractivity (Wildman–Crippen MR) is 153 cm³/mol. The van der Waals surface area contributed by atoms with Gasteiger partial charge in [-0.3, -0.25) is 14.2 Å². The summed E-state index contributed by atoms with van der Waals surface area (Å²) in [5.41, 5.74) is 6.76. The largest absolute Gasteiger partial charge is 0.385 e. The van der Waals surface area contributed by atoms with E-state index in [0.29, 0.717) is 18.2 Å². The van der Waals surface area contributed by atoms with Crippen molar-refractivity contribution in [3.05, 3.63) is 83.2 Å². The number of ketones is 1. The molecule has 196 valence electrons. The van der Waals surface area contributed by atoms with Gasteiger partial charge in [0, 0.05) is 30.8 Å². The third kappa shape index (κ3) is 6.52. The number of nitrogens with zero attached hydrogens (tertiary/aromatic N) is 4. The molecule has 39 heavy (non-hydrogen) atoms. The highest BCUT2D eigenvalue weighted by Crippen LogP contribution is 2.48. The topological polar surface area (TPSA) is 107 Å². The van der Waals surface area contributed by atoms with E-state index in [9.17, 15) is 19.5 Å². The molecule has 1 saturated carbocycles. The Labute approximate surface area is 229 Å². The highest BCUT2D eigenvalue weighted by atomic mass is 16.3. The molecule has 0 spiro atoms. The third-order valence-electron chi connectivity index (χ3n) is 6.84. The molecule has 0 atom stereocenters. The van der Waals surface area contributed by atoms with Gasteiger partial charge in [-0.05, 0) is 32.4 Å². The molecule has 1 fully saturated rings. The predicted octanol–water partition coefficient (Wildman–Crippen LogP) is 3.15. The maximum Gasteiger partial charge on any atom is 0.202 e. The second-order valence-electron chi connectivity index (χ2n) is 9.69. The van der Waals surface area contributed by atoms with Crippen molar-refractivity contribution in [2.24, 2.45) is 14.1 Å². The summed E-state index contributed by atoms with van der Waals surface area (Å²) in [7, 11) is 6.87. The van der Waals surface area contributed by atoms with Crippen LogP contribution in [0.15, 0.2) is 60.9 Å². The van der Waals surface area contributed by atoms with Crippen LogP contribution in [0.1, 0.15) is 46.8 Å². The molecule has 0 saturated heterocycles. The van der Waals surface area contributed by atoms with Crippen LogP contribution in [0, 0.1) is 0 Å². The molecule has 8 nitrogen and oxygen atoms in total. The van der Waals surface area contributed by atoms with Gasteiger partial charge in [0.2, 0.25) is 14.6 Å². The lowest BCUT2D eigenvalue weighted by atomic mass is 9.74. The maximum atomic E-state index is 11.6. The van der Waals surface area contributed by atoms with Gasteiger partial charge in [0.05, 0.1) is 47.3 Å². The molecule has 1 N–H and O–H groups in total. The molecule has 2 aromatic heterocycles. The summed E-state index contributed by atoms with van der Waals surface area (Å²) < 4.78 is 3.50.